The number of hydrogen-bond acceptors (Lipinski definition) is 0. The molecule has 0 saturated carbocycles. The monoisotopic (exact) mass is 280 g/mol. The van der Waals surface area contributed by atoms with Gasteiger partial charge in [0, 0.05) is 0 Å². The largest absolute Gasteiger partial charge is 0.207 e. The van der Waals surface area contributed by atoms with Crippen LogP contribution in [0.25, 0.3) is 0 Å². The van der Waals surface area contributed by atoms with Crippen molar-refractivity contribution < 1.29 is 8.78 Å². The van der Waals surface area contributed by atoms with Crippen LogP contribution in [0, 0.1) is 25.5 Å². The lowest BCUT2D eigenvalue weighted by Crippen LogP contribution is -2.01. The first-order valence-corrected chi connectivity index (χ1v) is 6.57. The molecule has 100 valence electrons. The van der Waals surface area contributed by atoms with Crippen molar-refractivity contribution in [2.75, 3.05) is 0 Å². The summed E-state index contributed by atoms with van der Waals surface area (Å²) in [7, 11) is 0. The van der Waals surface area contributed by atoms with Gasteiger partial charge in [0.25, 0.3) is 0 Å². The second kappa shape index (κ2) is 5.70. The lowest BCUT2D eigenvalue weighted by molar-refractivity contribution is 0.603. The van der Waals surface area contributed by atoms with Crippen molar-refractivity contribution in [2.24, 2.45) is 0 Å². The summed E-state index contributed by atoms with van der Waals surface area (Å²) in [5, 5.41) is -0.366. The van der Waals surface area contributed by atoms with Gasteiger partial charge in [-0.2, -0.15) is 0 Å². The standard InChI is InChI=1S/C16H15ClF2/c1-10-7-13(8-11(2)16(10)19)14(17)9-12-5-3-4-6-15(12)18/h3-8,14H,9H2,1-2H3. The predicted molar refractivity (Wildman–Crippen MR) is 74.6 cm³/mol. The van der Waals surface area contributed by atoms with Gasteiger partial charge in [0.1, 0.15) is 11.6 Å². The van der Waals surface area contributed by atoms with Crippen molar-refractivity contribution in [1.82, 2.24) is 0 Å². The van der Waals surface area contributed by atoms with Crippen LogP contribution in [0.4, 0.5) is 8.78 Å². The van der Waals surface area contributed by atoms with E-state index in [2.05, 4.69) is 0 Å². The molecule has 0 spiro atoms. The summed E-state index contributed by atoms with van der Waals surface area (Å²) in [4.78, 5) is 0. The molecular weight excluding hydrogens is 266 g/mol. The molecule has 0 aliphatic carbocycles. The topological polar surface area (TPSA) is 0 Å². The Hall–Kier alpha value is -1.41. The summed E-state index contributed by atoms with van der Waals surface area (Å²) in [6, 6.07) is 10.0. The summed E-state index contributed by atoms with van der Waals surface area (Å²) in [6.45, 7) is 3.41. The summed E-state index contributed by atoms with van der Waals surface area (Å²) >= 11 is 6.32. The molecule has 0 aliphatic heterocycles. The third kappa shape index (κ3) is 3.13. The first kappa shape index (κ1) is 14.0. The fourth-order valence-electron chi connectivity index (χ4n) is 2.14. The van der Waals surface area contributed by atoms with Gasteiger partial charge in [-0.15, -0.1) is 11.6 Å². The van der Waals surface area contributed by atoms with Crippen molar-refractivity contribution in [1.29, 1.82) is 0 Å². The minimum absolute atomic E-state index is 0.210. The summed E-state index contributed by atoms with van der Waals surface area (Å²) in [5.74, 6) is -0.470. The molecule has 0 saturated heterocycles. The van der Waals surface area contributed by atoms with E-state index >= 15 is 0 Å². The summed E-state index contributed by atoms with van der Waals surface area (Å²) in [6.07, 6.45) is 0.388. The third-order valence-corrected chi connectivity index (χ3v) is 3.58. The number of benzene rings is 2. The lowest BCUT2D eigenvalue weighted by atomic mass is 9.99. The van der Waals surface area contributed by atoms with E-state index in [1.165, 1.54) is 6.07 Å². The fraction of sp³-hybridized carbons (Fsp3) is 0.250. The summed E-state index contributed by atoms with van der Waals surface area (Å²) in [5.41, 5.74) is 2.52. The Morgan fingerprint density at radius 1 is 1.05 bits per heavy atom. The van der Waals surface area contributed by atoms with Gasteiger partial charge in [-0.3, -0.25) is 0 Å². The SMILES string of the molecule is Cc1cc(C(Cl)Cc2ccccc2F)cc(C)c1F. The fourth-order valence-corrected chi connectivity index (χ4v) is 2.43. The van der Waals surface area contributed by atoms with Crippen LogP contribution in [0.2, 0.25) is 0 Å². The summed E-state index contributed by atoms with van der Waals surface area (Å²) < 4.78 is 27.1. The maximum Gasteiger partial charge on any atom is 0.129 e. The van der Waals surface area contributed by atoms with Crippen LogP contribution in [-0.4, -0.2) is 0 Å². The molecule has 0 bridgehead atoms. The van der Waals surface area contributed by atoms with E-state index in [0.717, 1.165) is 5.56 Å². The molecule has 0 amide bonds. The normalized spacial score (nSPS) is 12.5. The first-order valence-electron chi connectivity index (χ1n) is 6.13. The highest BCUT2D eigenvalue weighted by Crippen LogP contribution is 2.28. The number of aryl methyl sites for hydroxylation is 2. The Kier molecular flexibility index (Phi) is 4.20. The number of rotatable bonds is 3. The second-order valence-corrected chi connectivity index (χ2v) is 5.26. The molecule has 3 heteroatoms. The van der Waals surface area contributed by atoms with E-state index in [0.29, 0.717) is 23.1 Å². The Labute approximate surface area is 117 Å². The second-order valence-electron chi connectivity index (χ2n) is 4.73. The maximum absolute atomic E-state index is 13.6. The molecule has 2 aromatic rings. The minimum Gasteiger partial charge on any atom is -0.207 e. The number of alkyl halides is 1. The van der Waals surface area contributed by atoms with Gasteiger partial charge in [-0.1, -0.05) is 30.3 Å². The molecule has 0 aliphatic rings. The van der Waals surface area contributed by atoms with Gasteiger partial charge in [0.05, 0.1) is 5.38 Å². The van der Waals surface area contributed by atoms with Gasteiger partial charge in [0.2, 0.25) is 0 Å². The molecule has 2 rings (SSSR count). The maximum atomic E-state index is 13.6. The molecule has 19 heavy (non-hydrogen) atoms. The lowest BCUT2D eigenvalue weighted by Gasteiger charge is -2.13. The smallest absolute Gasteiger partial charge is 0.129 e. The molecule has 0 aromatic heterocycles. The first-order chi connectivity index (χ1) is 8.99. The molecule has 0 fully saturated rings. The molecule has 2 aromatic carbocycles. The third-order valence-electron chi connectivity index (χ3n) is 3.18. The van der Waals surface area contributed by atoms with E-state index < -0.39 is 0 Å². The molecule has 0 heterocycles. The molecule has 1 atom stereocenters. The molecule has 0 radical (unpaired) electrons. The quantitative estimate of drug-likeness (QED) is 0.686. The van der Waals surface area contributed by atoms with Gasteiger partial charge < -0.3 is 0 Å². The highest BCUT2D eigenvalue weighted by atomic mass is 35.5. The van der Waals surface area contributed by atoms with Crippen LogP contribution in [0.1, 0.15) is 27.6 Å². The highest BCUT2D eigenvalue weighted by Gasteiger charge is 2.14. The zero-order chi connectivity index (χ0) is 14.0. The zero-order valence-corrected chi connectivity index (χ0v) is 11.6. The van der Waals surface area contributed by atoms with Crippen molar-refractivity contribution in [3.05, 3.63) is 70.3 Å². The average Bonchev–Trinajstić information content (AvgIpc) is 2.38. The average molecular weight is 281 g/mol. The highest BCUT2D eigenvalue weighted by molar-refractivity contribution is 6.20. The van der Waals surface area contributed by atoms with Crippen molar-refractivity contribution >= 4 is 11.6 Å². The van der Waals surface area contributed by atoms with Crippen LogP contribution >= 0.6 is 11.6 Å². The van der Waals surface area contributed by atoms with Crippen molar-refractivity contribution in [3.8, 4) is 0 Å². The molecule has 1 unspecified atom stereocenters. The van der Waals surface area contributed by atoms with Gasteiger partial charge in [0.15, 0.2) is 0 Å². The van der Waals surface area contributed by atoms with Crippen LogP contribution in [0.5, 0.6) is 0 Å². The Bertz CT molecular complexity index is 570. The van der Waals surface area contributed by atoms with Crippen LogP contribution in [-0.2, 0) is 6.42 Å². The predicted octanol–water partition coefficient (Wildman–Crippen LogP) is 5.10. The Balaban J connectivity index is 2.26. The Morgan fingerprint density at radius 3 is 2.21 bits per heavy atom. The van der Waals surface area contributed by atoms with Crippen LogP contribution in [0.15, 0.2) is 36.4 Å². The van der Waals surface area contributed by atoms with Gasteiger partial charge >= 0.3 is 0 Å². The van der Waals surface area contributed by atoms with Crippen LogP contribution in [0.3, 0.4) is 0 Å². The van der Waals surface area contributed by atoms with E-state index in [1.807, 2.05) is 0 Å². The minimum atomic E-state index is -0.366. The van der Waals surface area contributed by atoms with E-state index in [4.69, 9.17) is 11.6 Å². The Morgan fingerprint density at radius 2 is 1.63 bits per heavy atom. The zero-order valence-electron chi connectivity index (χ0n) is 10.9. The van der Waals surface area contributed by atoms with Crippen molar-refractivity contribution in [3.63, 3.8) is 0 Å². The van der Waals surface area contributed by atoms with Gasteiger partial charge in [-0.05, 0) is 48.6 Å². The van der Waals surface area contributed by atoms with Gasteiger partial charge in [-0.25, -0.2) is 8.78 Å². The number of hydrogen-bond donors (Lipinski definition) is 0. The van der Waals surface area contributed by atoms with Crippen LogP contribution < -0.4 is 0 Å². The van der Waals surface area contributed by atoms with E-state index in [-0.39, 0.29) is 17.0 Å². The van der Waals surface area contributed by atoms with E-state index in [9.17, 15) is 8.78 Å². The van der Waals surface area contributed by atoms with E-state index in [1.54, 1.807) is 44.2 Å². The van der Waals surface area contributed by atoms with Crippen molar-refractivity contribution in [2.45, 2.75) is 25.6 Å². The number of halogens is 3. The molecule has 0 nitrogen and oxygen atoms in total. The molecular formula is C16H15ClF2. The molecule has 0 N–H and O–H groups in total.